The fourth-order valence-corrected chi connectivity index (χ4v) is 4.49. The summed E-state index contributed by atoms with van der Waals surface area (Å²) < 4.78 is 0. The highest BCUT2D eigenvalue weighted by molar-refractivity contribution is 7.09. The molecule has 1 N–H and O–H groups in total. The summed E-state index contributed by atoms with van der Waals surface area (Å²) in [4.78, 5) is 18.6. The smallest absolute Gasteiger partial charge is 0.234 e. The molecule has 1 aliphatic heterocycles. The summed E-state index contributed by atoms with van der Waals surface area (Å²) in [6.07, 6.45) is 1.13. The molecule has 146 valence electrons. The Labute approximate surface area is 170 Å². The van der Waals surface area contributed by atoms with E-state index in [0.717, 1.165) is 39.1 Å². The van der Waals surface area contributed by atoms with Crippen LogP contribution in [-0.2, 0) is 17.8 Å². The number of carbonyl (C=O) groups is 1. The Morgan fingerprint density at radius 1 is 0.929 bits per heavy atom. The van der Waals surface area contributed by atoms with Gasteiger partial charge in [-0.2, -0.15) is 0 Å². The van der Waals surface area contributed by atoms with Gasteiger partial charge in [-0.1, -0.05) is 48.5 Å². The van der Waals surface area contributed by atoms with Crippen molar-refractivity contribution in [3.63, 3.8) is 0 Å². The molecule has 0 spiro atoms. The Morgan fingerprint density at radius 3 is 2.54 bits per heavy atom. The van der Waals surface area contributed by atoms with E-state index in [2.05, 4.69) is 63.0 Å². The zero-order valence-corrected chi connectivity index (χ0v) is 17.0. The average Bonchev–Trinajstić information content (AvgIpc) is 3.25. The van der Waals surface area contributed by atoms with Gasteiger partial charge in [0.05, 0.1) is 6.54 Å². The monoisotopic (exact) mass is 393 g/mol. The molecular weight excluding hydrogens is 366 g/mol. The molecule has 0 bridgehead atoms. The molecule has 2 aromatic carbocycles. The Bertz CT molecular complexity index is 896. The van der Waals surface area contributed by atoms with E-state index in [4.69, 9.17) is 0 Å². The van der Waals surface area contributed by atoms with Crippen molar-refractivity contribution < 1.29 is 4.79 Å². The summed E-state index contributed by atoms with van der Waals surface area (Å²) in [5.41, 5.74) is 1.17. The summed E-state index contributed by atoms with van der Waals surface area (Å²) in [5, 5.41) is 7.67. The third kappa shape index (κ3) is 4.98. The highest BCUT2D eigenvalue weighted by Gasteiger charge is 2.18. The van der Waals surface area contributed by atoms with Crippen LogP contribution in [0.25, 0.3) is 10.8 Å². The molecule has 0 radical (unpaired) electrons. The van der Waals surface area contributed by atoms with E-state index in [1.54, 1.807) is 0 Å². The molecule has 4 rings (SSSR count). The average molecular weight is 394 g/mol. The number of carbonyl (C=O) groups excluding carboxylic acids is 1. The number of piperazine rings is 1. The summed E-state index contributed by atoms with van der Waals surface area (Å²) in [5.74, 6) is 0.111. The van der Waals surface area contributed by atoms with Crippen LogP contribution in [0.1, 0.15) is 10.4 Å². The molecule has 2 heterocycles. The summed E-state index contributed by atoms with van der Waals surface area (Å²) in [6.45, 7) is 6.20. The van der Waals surface area contributed by atoms with Gasteiger partial charge in [0.25, 0.3) is 0 Å². The lowest BCUT2D eigenvalue weighted by atomic mass is 10.0. The molecule has 0 aliphatic carbocycles. The molecule has 0 unspecified atom stereocenters. The molecule has 5 heteroatoms. The zero-order chi connectivity index (χ0) is 19.2. The van der Waals surface area contributed by atoms with Gasteiger partial charge in [-0.15, -0.1) is 11.3 Å². The molecule has 3 aromatic rings. The van der Waals surface area contributed by atoms with Gasteiger partial charge in [-0.25, -0.2) is 0 Å². The maximum Gasteiger partial charge on any atom is 0.234 e. The van der Waals surface area contributed by atoms with Crippen molar-refractivity contribution in [2.45, 2.75) is 13.0 Å². The first-order valence-corrected chi connectivity index (χ1v) is 10.9. The molecule has 4 nitrogen and oxygen atoms in total. The summed E-state index contributed by atoms with van der Waals surface area (Å²) in [7, 11) is 0. The van der Waals surface area contributed by atoms with Gasteiger partial charge < -0.3 is 10.2 Å². The van der Waals surface area contributed by atoms with Gasteiger partial charge in [0, 0.05) is 44.1 Å². The van der Waals surface area contributed by atoms with Crippen molar-refractivity contribution in [2.24, 2.45) is 0 Å². The van der Waals surface area contributed by atoms with Gasteiger partial charge in [0.1, 0.15) is 0 Å². The number of rotatable bonds is 7. The number of benzene rings is 2. The first-order valence-electron chi connectivity index (χ1n) is 9.98. The molecule has 1 fully saturated rings. The number of thiophene rings is 1. The summed E-state index contributed by atoms with van der Waals surface area (Å²) >= 11 is 1.83. The van der Waals surface area contributed by atoms with Crippen LogP contribution in [0.4, 0.5) is 0 Å². The molecule has 1 amide bonds. The van der Waals surface area contributed by atoms with Gasteiger partial charge in [-0.05, 0) is 34.2 Å². The first-order chi connectivity index (χ1) is 13.8. The van der Waals surface area contributed by atoms with E-state index in [1.807, 2.05) is 23.5 Å². The van der Waals surface area contributed by atoms with Gasteiger partial charge in [0.2, 0.25) is 5.91 Å². The number of hydrogen-bond donors (Lipinski definition) is 1. The Morgan fingerprint density at radius 2 is 1.71 bits per heavy atom. The second kappa shape index (κ2) is 9.32. The van der Waals surface area contributed by atoms with E-state index in [-0.39, 0.29) is 5.91 Å². The molecule has 0 atom stereocenters. The lowest BCUT2D eigenvalue weighted by Gasteiger charge is -2.34. The standard InChI is InChI=1S/C23H27N3OS/c27-23(24-17-20-7-3-6-19-5-1-2-9-22(19)20)18-26-14-12-25(13-15-26)11-10-21-8-4-16-28-21/h1-9,16H,10-15,17-18H2,(H,24,27). The van der Waals surface area contributed by atoms with Crippen LogP contribution >= 0.6 is 11.3 Å². The Hall–Kier alpha value is -2.21. The Kier molecular flexibility index (Phi) is 6.37. The van der Waals surface area contributed by atoms with Crippen LogP contribution in [-0.4, -0.2) is 55.0 Å². The fraction of sp³-hybridized carbons (Fsp3) is 0.348. The first kappa shape index (κ1) is 19.1. The lowest BCUT2D eigenvalue weighted by Crippen LogP contribution is -2.49. The third-order valence-corrected chi connectivity index (χ3v) is 6.38. The third-order valence-electron chi connectivity index (χ3n) is 5.44. The number of hydrogen-bond acceptors (Lipinski definition) is 4. The largest absolute Gasteiger partial charge is 0.351 e. The molecular formula is C23H27N3OS. The van der Waals surface area contributed by atoms with Gasteiger partial charge >= 0.3 is 0 Å². The number of nitrogens with zero attached hydrogens (tertiary/aromatic N) is 2. The predicted octanol–water partition coefficient (Wildman–Crippen LogP) is 3.38. The highest BCUT2D eigenvalue weighted by Crippen LogP contribution is 2.18. The fourth-order valence-electron chi connectivity index (χ4n) is 3.79. The van der Waals surface area contributed by atoms with Crippen LogP contribution in [0, 0.1) is 0 Å². The number of fused-ring (bicyclic) bond motifs is 1. The predicted molar refractivity (Wildman–Crippen MR) is 117 cm³/mol. The zero-order valence-electron chi connectivity index (χ0n) is 16.1. The van der Waals surface area contributed by atoms with Crippen molar-refractivity contribution in [1.82, 2.24) is 15.1 Å². The molecule has 28 heavy (non-hydrogen) atoms. The minimum atomic E-state index is 0.111. The van der Waals surface area contributed by atoms with Crippen molar-refractivity contribution in [3.8, 4) is 0 Å². The van der Waals surface area contributed by atoms with E-state index < -0.39 is 0 Å². The van der Waals surface area contributed by atoms with E-state index in [9.17, 15) is 4.79 Å². The van der Waals surface area contributed by atoms with E-state index >= 15 is 0 Å². The highest BCUT2D eigenvalue weighted by atomic mass is 32.1. The van der Waals surface area contributed by atoms with Crippen LogP contribution in [0.2, 0.25) is 0 Å². The number of nitrogens with one attached hydrogen (secondary N) is 1. The molecule has 1 saturated heterocycles. The maximum absolute atomic E-state index is 12.4. The van der Waals surface area contributed by atoms with E-state index in [0.29, 0.717) is 13.1 Å². The van der Waals surface area contributed by atoms with E-state index in [1.165, 1.54) is 21.2 Å². The second-order valence-electron chi connectivity index (χ2n) is 7.36. The topological polar surface area (TPSA) is 35.6 Å². The van der Waals surface area contributed by atoms with Crippen molar-refractivity contribution in [2.75, 3.05) is 39.3 Å². The van der Waals surface area contributed by atoms with Crippen molar-refractivity contribution >= 4 is 28.0 Å². The van der Waals surface area contributed by atoms with Crippen LogP contribution in [0.15, 0.2) is 60.0 Å². The second-order valence-corrected chi connectivity index (χ2v) is 8.39. The van der Waals surface area contributed by atoms with Crippen LogP contribution < -0.4 is 5.32 Å². The van der Waals surface area contributed by atoms with Crippen molar-refractivity contribution in [3.05, 3.63) is 70.4 Å². The number of amides is 1. The quantitative estimate of drug-likeness (QED) is 0.668. The minimum absolute atomic E-state index is 0.111. The molecule has 0 saturated carbocycles. The van der Waals surface area contributed by atoms with Crippen LogP contribution in [0.3, 0.4) is 0 Å². The van der Waals surface area contributed by atoms with Gasteiger partial charge in [0.15, 0.2) is 0 Å². The minimum Gasteiger partial charge on any atom is -0.351 e. The SMILES string of the molecule is O=C(CN1CCN(CCc2cccs2)CC1)NCc1cccc2ccccc12. The van der Waals surface area contributed by atoms with Gasteiger partial charge in [-0.3, -0.25) is 9.69 Å². The Balaban J connectivity index is 1.20. The molecule has 1 aromatic heterocycles. The van der Waals surface area contributed by atoms with Crippen LogP contribution in [0.5, 0.6) is 0 Å². The van der Waals surface area contributed by atoms with Crippen molar-refractivity contribution in [1.29, 1.82) is 0 Å². The normalized spacial score (nSPS) is 15.7. The lowest BCUT2D eigenvalue weighted by molar-refractivity contribution is -0.122. The maximum atomic E-state index is 12.4. The molecule has 1 aliphatic rings. The summed E-state index contributed by atoms with van der Waals surface area (Å²) in [6, 6.07) is 18.9.